The van der Waals surface area contributed by atoms with Crippen LogP contribution in [0, 0.1) is 0 Å². The fraction of sp³-hybridized carbons (Fsp3) is 0.150. The van der Waals surface area contributed by atoms with Crippen LogP contribution >= 0.6 is 0 Å². The van der Waals surface area contributed by atoms with Gasteiger partial charge in [0.25, 0.3) is 11.5 Å². The maximum atomic E-state index is 12.6. The van der Waals surface area contributed by atoms with Gasteiger partial charge in [0, 0.05) is 11.8 Å². The van der Waals surface area contributed by atoms with Crippen LogP contribution in [0.2, 0.25) is 0 Å². The predicted octanol–water partition coefficient (Wildman–Crippen LogP) is 2.09. The Balaban J connectivity index is 1.80. The second kappa shape index (κ2) is 8.27. The summed E-state index contributed by atoms with van der Waals surface area (Å²) in [4.78, 5) is 24.7. The highest BCUT2D eigenvalue weighted by atomic mass is 32.2. The van der Waals surface area contributed by atoms with Crippen molar-refractivity contribution in [3.8, 4) is 5.69 Å². The Morgan fingerprint density at radius 2 is 1.76 bits per heavy atom. The Morgan fingerprint density at radius 1 is 1.03 bits per heavy atom. The molecule has 1 atom stereocenters. The summed E-state index contributed by atoms with van der Waals surface area (Å²) >= 11 is 0. The molecule has 3 rings (SSSR count). The van der Waals surface area contributed by atoms with Gasteiger partial charge in [-0.05, 0) is 42.8 Å². The molecule has 0 aliphatic heterocycles. The van der Waals surface area contributed by atoms with Gasteiger partial charge in [0.05, 0.1) is 18.0 Å². The van der Waals surface area contributed by atoms with Crippen LogP contribution in [0.15, 0.2) is 71.5 Å². The normalized spacial score (nSPS) is 12.2. The number of nitrogens with one attached hydrogen (secondary N) is 2. The van der Waals surface area contributed by atoms with E-state index in [2.05, 4.69) is 15.1 Å². The number of nitrogens with zero attached hydrogens (tertiary/aromatic N) is 2. The molecule has 0 saturated heterocycles. The van der Waals surface area contributed by atoms with E-state index in [9.17, 15) is 18.0 Å². The van der Waals surface area contributed by atoms with Crippen molar-refractivity contribution in [3.05, 3.63) is 88.3 Å². The molecule has 29 heavy (non-hydrogen) atoms. The van der Waals surface area contributed by atoms with Crippen LogP contribution in [0.4, 0.5) is 5.69 Å². The van der Waals surface area contributed by atoms with Crippen molar-refractivity contribution in [3.63, 3.8) is 0 Å². The minimum Gasteiger partial charge on any atom is -0.344 e. The fourth-order valence-corrected chi connectivity index (χ4v) is 3.28. The van der Waals surface area contributed by atoms with Crippen LogP contribution in [0.5, 0.6) is 0 Å². The number of aromatic nitrogens is 2. The van der Waals surface area contributed by atoms with Crippen molar-refractivity contribution in [2.75, 3.05) is 11.0 Å². The average molecular weight is 412 g/mol. The summed E-state index contributed by atoms with van der Waals surface area (Å²) in [6.45, 7) is 1.77. The topological polar surface area (TPSA) is 110 Å². The van der Waals surface area contributed by atoms with Gasteiger partial charge in [-0.1, -0.05) is 30.3 Å². The zero-order chi connectivity index (χ0) is 21.0. The molecule has 9 heteroatoms. The Bertz CT molecular complexity index is 1190. The number of sulfonamides is 1. The van der Waals surface area contributed by atoms with Crippen LogP contribution in [-0.4, -0.2) is 30.4 Å². The molecule has 8 nitrogen and oxygen atoms in total. The molecule has 0 aliphatic carbocycles. The van der Waals surface area contributed by atoms with Gasteiger partial charge >= 0.3 is 0 Å². The Hall–Kier alpha value is -3.46. The standard InChI is InChI=1S/C20H20N4O4S/c1-14(15-7-6-8-16(13-15)23-29(2,27)28)21-20(26)18-11-12-19(25)24(22-18)17-9-4-3-5-10-17/h3-14,23H,1-2H3,(H,21,26). The first-order valence-corrected chi connectivity index (χ1v) is 10.7. The van der Waals surface area contributed by atoms with Crippen LogP contribution < -0.4 is 15.6 Å². The lowest BCUT2D eigenvalue weighted by Crippen LogP contribution is -2.30. The lowest BCUT2D eigenvalue weighted by Gasteiger charge is -2.16. The van der Waals surface area contributed by atoms with E-state index in [1.54, 1.807) is 55.5 Å². The summed E-state index contributed by atoms with van der Waals surface area (Å²) in [6.07, 6.45) is 1.07. The first-order chi connectivity index (χ1) is 13.7. The summed E-state index contributed by atoms with van der Waals surface area (Å²) in [6, 6.07) is 17.8. The number of benzene rings is 2. The summed E-state index contributed by atoms with van der Waals surface area (Å²) in [7, 11) is -3.40. The monoisotopic (exact) mass is 412 g/mol. The van der Waals surface area contributed by atoms with Gasteiger partial charge in [0.15, 0.2) is 0 Å². The molecule has 3 aromatic rings. The lowest BCUT2D eigenvalue weighted by atomic mass is 10.1. The molecule has 1 amide bonds. The molecular weight excluding hydrogens is 392 g/mol. The molecule has 2 N–H and O–H groups in total. The summed E-state index contributed by atoms with van der Waals surface area (Å²) in [5, 5.41) is 6.96. The number of carbonyl (C=O) groups excluding carboxylic acids is 1. The van der Waals surface area contributed by atoms with E-state index < -0.39 is 22.0 Å². The molecule has 0 saturated carbocycles. The maximum absolute atomic E-state index is 12.6. The van der Waals surface area contributed by atoms with Crippen molar-refractivity contribution in [2.24, 2.45) is 0 Å². The van der Waals surface area contributed by atoms with Crippen LogP contribution in [0.1, 0.15) is 29.0 Å². The van der Waals surface area contributed by atoms with Crippen molar-refractivity contribution >= 4 is 21.6 Å². The van der Waals surface area contributed by atoms with Gasteiger partial charge in [0.1, 0.15) is 5.69 Å². The number of rotatable bonds is 6. The molecule has 0 fully saturated rings. The van der Waals surface area contributed by atoms with E-state index in [-0.39, 0.29) is 11.3 Å². The summed E-state index contributed by atoms with van der Waals surface area (Å²) < 4.78 is 26.4. The first-order valence-electron chi connectivity index (χ1n) is 8.77. The number of hydrogen-bond acceptors (Lipinski definition) is 5. The third-order valence-corrected chi connectivity index (χ3v) is 4.68. The Kier molecular flexibility index (Phi) is 5.79. The van der Waals surface area contributed by atoms with Gasteiger partial charge in [-0.25, -0.2) is 8.42 Å². The molecule has 0 spiro atoms. The van der Waals surface area contributed by atoms with Crippen LogP contribution in [-0.2, 0) is 10.0 Å². The average Bonchev–Trinajstić information content (AvgIpc) is 2.68. The number of hydrogen-bond donors (Lipinski definition) is 2. The van der Waals surface area contributed by atoms with Gasteiger partial charge in [-0.15, -0.1) is 0 Å². The zero-order valence-electron chi connectivity index (χ0n) is 15.9. The largest absolute Gasteiger partial charge is 0.344 e. The van der Waals surface area contributed by atoms with E-state index in [1.165, 1.54) is 12.1 Å². The van der Waals surface area contributed by atoms with Crippen molar-refractivity contribution in [1.82, 2.24) is 15.1 Å². The highest BCUT2D eigenvalue weighted by molar-refractivity contribution is 7.92. The van der Waals surface area contributed by atoms with Gasteiger partial charge < -0.3 is 5.32 Å². The lowest BCUT2D eigenvalue weighted by molar-refractivity contribution is 0.0933. The molecule has 0 bridgehead atoms. The third-order valence-electron chi connectivity index (χ3n) is 4.07. The van der Waals surface area contributed by atoms with E-state index in [0.717, 1.165) is 10.9 Å². The Labute approximate surface area is 168 Å². The zero-order valence-corrected chi connectivity index (χ0v) is 16.7. The van der Waals surface area contributed by atoms with Crippen LogP contribution in [0.25, 0.3) is 5.69 Å². The molecule has 1 heterocycles. The van der Waals surface area contributed by atoms with E-state index in [0.29, 0.717) is 16.9 Å². The number of para-hydroxylation sites is 1. The highest BCUT2D eigenvalue weighted by Gasteiger charge is 2.15. The minimum absolute atomic E-state index is 0.0886. The molecule has 2 aromatic carbocycles. The summed E-state index contributed by atoms with van der Waals surface area (Å²) in [5.74, 6) is -0.455. The minimum atomic E-state index is -3.40. The van der Waals surface area contributed by atoms with Gasteiger partial charge in [0.2, 0.25) is 10.0 Å². The molecule has 1 unspecified atom stereocenters. The predicted molar refractivity (Wildman–Crippen MR) is 111 cm³/mol. The van der Waals surface area contributed by atoms with Crippen LogP contribution in [0.3, 0.4) is 0 Å². The second-order valence-electron chi connectivity index (χ2n) is 6.50. The smallest absolute Gasteiger partial charge is 0.272 e. The van der Waals surface area contributed by atoms with Gasteiger partial charge in [-0.3, -0.25) is 14.3 Å². The highest BCUT2D eigenvalue weighted by Crippen LogP contribution is 2.18. The number of carbonyl (C=O) groups is 1. The fourth-order valence-electron chi connectivity index (χ4n) is 2.73. The van der Waals surface area contributed by atoms with E-state index >= 15 is 0 Å². The molecule has 0 aliphatic rings. The second-order valence-corrected chi connectivity index (χ2v) is 8.25. The van der Waals surface area contributed by atoms with Crippen molar-refractivity contribution in [2.45, 2.75) is 13.0 Å². The summed E-state index contributed by atoms with van der Waals surface area (Å²) in [5.41, 5.74) is 1.41. The van der Waals surface area contributed by atoms with E-state index in [4.69, 9.17) is 0 Å². The van der Waals surface area contributed by atoms with E-state index in [1.807, 2.05) is 6.07 Å². The quantitative estimate of drug-likeness (QED) is 0.644. The third kappa shape index (κ3) is 5.29. The van der Waals surface area contributed by atoms with Crippen molar-refractivity contribution in [1.29, 1.82) is 0 Å². The Morgan fingerprint density at radius 3 is 2.45 bits per heavy atom. The molecule has 1 aromatic heterocycles. The number of amides is 1. The number of anilines is 1. The molecule has 150 valence electrons. The first kappa shape index (κ1) is 20.3. The molecule has 0 radical (unpaired) electrons. The van der Waals surface area contributed by atoms with Crippen molar-refractivity contribution < 1.29 is 13.2 Å². The van der Waals surface area contributed by atoms with Gasteiger partial charge in [-0.2, -0.15) is 9.78 Å². The molecular formula is C20H20N4O4S. The maximum Gasteiger partial charge on any atom is 0.272 e. The SMILES string of the molecule is CC(NC(=O)c1ccc(=O)n(-c2ccccc2)n1)c1cccc(NS(C)(=O)=O)c1.